The molecule has 1 heterocycles. The van der Waals surface area contributed by atoms with Crippen LogP contribution in [-0.2, 0) is 28.4 Å². The SMILES string of the molecule is CCCCNc1ccc(C(=O)OCCOCCOCCOCCOC2CCCCO2)cc1. The first-order valence-corrected chi connectivity index (χ1v) is 11.8. The van der Waals surface area contributed by atoms with Gasteiger partial charge in [0.15, 0.2) is 6.29 Å². The smallest absolute Gasteiger partial charge is 0.338 e. The first-order chi connectivity index (χ1) is 15.8. The summed E-state index contributed by atoms with van der Waals surface area (Å²) in [4.78, 5) is 12.0. The molecule has 0 spiro atoms. The van der Waals surface area contributed by atoms with Gasteiger partial charge in [-0.2, -0.15) is 0 Å². The van der Waals surface area contributed by atoms with Gasteiger partial charge in [-0.3, -0.25) is 0 Å². The molecule has 1 aromatic carbocycles. The molecule has 1 aliphatic rings. The Balaban J connectivity index is 1.35. The van der Waals surface area contributed by atoms with E-state index < -0.39 is 0 Å². The normalized spacial score (nSPS) is 16.1. The monoisotopic (exact) mass is 453 g/mol. The Hall–Kier alpha value is -1.71. The lowest BCUT2D eigenvalue weighted by molar-refractivity contribution is -0.169. The molecule has 182 valence electrons. The minimum Gasteiger partial charge on any atom is -0.460 e. The lowest BCUT2D eigenvalue weighted by atomic mass is 10.2. The highest BCUT2D eigenvalue weighted by Crippen LogP contribution is 2.13. The lowest BCUT2D eigenvalue weighted by Crippen LogP contribution is -2.24. The van der Waals surface area contributed by atoms with E-state index >= 15 is 0 Å². The van der Waals surface area contributed by atoms with E-state index in [-0.39, 0.29) is 18.9 Å². The van der Waals surface area contributed by atoms with E-state index in [1.807, 2.05) is 12.1 Å². The van der Waals surface area contributed by atoms with Crippen LogP contribution < -0.4 is 5.32 Å². The number of rotatable bonds is 18. The Bertz CT molecular complexity index is 591. The lowest BCUT2D eigenvalue weighted by Gasteiger charge is -2.22. The fourth-order valence-corrected chi connectivity index (χ4v) is 3.03. The second-order valence-electron chi connectivity index (χ2n) is 7.50. The summed E-state index contributed by atoms with van der Waals surface area (Å²) in [5.74, 6) is -0.346. The number of hydrogen-bond acceptors (Lipinski definition) is 8. The van der Waals surface area contributed by atoms with Crippen LogP contribution in [0.5, 0.6) is 0 Å². The number of carbonyl (C=O) groups excluding carboxylic acids is 1. The molecule has 32 heavy (non-hydrogen) atoms. The fourth-order valence-electron chi connectivity index (χ4n) is 3.03. The van der Waals surface area contributed by atoms with Crippen molar-refractivity contribution in [2.24, 2.45) is 0 Å². The highest BCUT2D eigenvalue weighted by Gasteiger charge is 2.13. The van der Waals surface area contributed by atoms with Crippen LogP contribution in [0.3, 0.4) is 0 Å². The first kappa shape index (κ1) is 26.5. The largest absolute Gasteiger partial charge is 0.460 e. The quantitative estimate of drug-likeness (QED) is 0.266. The summed E-state index contributed by atoms with van der Waals surface area (Å²) >= 11 is 0. The summed E-state index contributed by atoms with van der Waals surface area (Å²) in [5, 5.41) is 3.32. The molecule has 1 aromatic rings. The number of ether oxygens (including phenoxy) is 6. The average Bonchev–Trinajstić information content (AvgIpc) is 2.83. The minimum absolute atomic E-state index is 0.0711. The van der Waals surface area contributed by atoms with Crippen LogP contribution in [0.15, 0.2) is 24.3 Å². The zero-order chi connectivity index (χ0) is 22.7. The molecule has 0 bridgehead atoms. The molecule has 1 unspecified atom stereocenters. The van der Waals surface area contributed by atoms with Crippen LogP contribution in [0.25, 0.3) is 0 Å². The van der Waals surface area contributed by atoms with E-state index in [2.05, 4.69) is 12.2 Å². The fraction of sp³-hybridized carbons (Fsp3) is 0.708. The molecule has 1 N–H and O–H groups in total. The second-order valence-corrected chi connectivity index (χ2v) is 7.50. The van der Waals surface area contributed by atoms with Crippen LogP contribution in [0.2, 0.25) is 0 Å². The van der Waals surface area contributed by atoms with Gasteiger partial charge in [0.25, 0.3) is 0 Å². The van der Waals surface area contributed by atoms with Crippen molar-refractivity contribution in [1.82, 2.24) is 0 Å². The van der Waals surface area contributed by atoms with Gasteiger partial charge in [0.2, 0.25) is 0 Å². The number of unbranched alkanes of at least 4 members (excludes halogenated alkanes) is 1. The van der Waals surface area contributed by atoms with E-state index in [0.717, 1.165) is 50.9 Å². The maximum atomic E-state index is 12.0. The van der Waals surface area contributed by atoms with Crippen molar-refractivity contribution in [3.63, 3.8) is 0 Å². The summed E-state index contributed by atoms with van der Waals surface area (Å²) in [5.41, 5.74) is 1.54. The van der Waals surface area contributed by atoms with Gasteiger partial charge in [0.05, 0.1) is 51.8 Å². The molecule has 8 heteroatoms. The topological polar surface area (TPSA) is 84.5 Å². The molecular formula is C24H39NO7. The summed E-state index contributed by atoms with van der Waals surface area (Å²) < 4.78 is 32.6. The van der Waals surface area contributed by atoms with Gasteiger partial charge in [-0.15, -0.1) is 0 Å². The van der Waals surface area contributed by atoms with Crippen LogP contribution in [0.4, 0.5) is 5.69 Å². The molecule has 0 amide bonds. The molecule has 1 fully saturated rings. The van der Waals surface area contributed by atoms with Crippen molar-refractivity contribution < 1.29 is 33.2 Å². The van der Waals surface area contributed by atoms with Gasteiger partial charge in [0, 0.05) is 18.8 Å². The van der Waals surface area contributed by atoms with E-state index in [9.17, 15) is 4.79 Å². The van der Waals surface area contributed by atoms with Crippen molar-refractivity contribution in [3.05, 3.63) is 29.8 Å². The van der Waals surface area contributed by atoms with Crippen molar-refractivity contribution in [2.75, 3.05) is 71.3 Å². The molecule has 0 saturated carbocycles. The minimum atomic E-state index is -0.346. The van der Waals surface area contributed by atoms with Crippen molar-refractivity contribution >= 4 is 11.7 Å². The molecule has 1 atom stereocenters. The van der Waals surface area contributed by atoms with Gasteiger partial charge in [-0.1, -0.05) is 13.3 Å². The zero-order valence-electron chi connectivity index (χ0n) is 19.4. The molecule has 8 nitrogen and oxygen atoms in total. The Labute approximate surface area is 191 Å². The third-order valence-electron chi connectivity index (χ3n) is 4.85. The Morgan fingerprint density at radius 3 is 2.22 bits per heavy atom. The number of nitrogens with one attached hydrogen (secondary N) is 1. The van der Waals surface area contributed by atoms with Gasteiger partial charge in [0.1, 0.15) is 6.61 Å². The van der Waals surface area contributed by atoms with Crippen LogP contribution in [0.1, 0.15) is 49.4 Å². The van der Waals surface area contributed by atoms with E-state index in [4.69, 9.17) is 28.4 Å². The van der Waals surface area contributed by atoms with Crippen molar-refractivity contribution in [3.8, 4) is 0 Å². The van der Waals surface area contributed by atoms with Gasteiger partial charge in [-0.05, 0) is 49.9 Å². The Morgan fingerprint density at radius 2 is 1.59 bits per heavy atom. The third-order valence-corrected chi connectivity index (χ3v) is 4.85. The number of hydrogen-bond donors (Lipinski definition) is 1. The van der Waals surface area contributed by atoms with Crippen molar-refractivity contribution in [1.29, 1.82) is 0 Å². The summed E-state index contributed by atoms with van der Waals surface area (Å²) in [6.07, 6.45) is 5.44. The number of esters is 1. The van der Waals surface area contributed by atoms with Crippen molar-refractivity contribution in [2.45, 2.75) is 45.3 Å². The number of carbonyl (C=O) groups is 1. The molecule has 0 radical (unpaired) electrons. The highest BCUT2D eigenvalue weighted by atomic mass is 16.7. The zero-order valence-corrected chi connectivity index (χ0v) is 19.4. The number of anilines is 1. The molecular weight excluding hydrogens is 414 g/mol. The Kier molecular flexibility index (Phi) is 14.8. The maximum Gasteiger partial charge on any atom is 0.338 e. The third kappa shape index (κ3) is 12.4. The van der Waals surface area contributed by atoms with E-state index in [1.54, 1.807) is 12.1 Å². The molecule has 1 saturated heterocycles. The molecule has 0 aliphatic carbocycles. The Morgan fingerprint density at radius 1 is 0.938 bits per heavy atom. The summed E-state index contributed by atoms with van der Waals surface area (Å²) in [7, 11) is 0. The second kappa shape index (κ2) is 17.8. The van der Waals surface area contributed by atoms with E-state index in [0.29, 0.717) is 51.8 Å². The first-order valence-electron chi connectivity index (χ1n) is 11.8. The van der Waals surface area contributed by atoms with E-state index in [1.165, 1.54) is 0 Å². The predicted octanol–water partition coefficient (Wildman–Crippen LogP) is 3.65. The molecule has 2 rings (SSSR count). The number of benzene rings is 1. The summed E-state index contributed by atoms with van der Waals surface area (Å²) in [6, 6.07) is 7.32. The van der Waals surface area contributed by atoms with Crippen LogP contribution in [0, 0.1) is 0 Å². The van der Waals surface area contributed by atoms with Crippen LogP contribution in [-0.4, -0.2) is 78.3 Å². The van der Waals surface area contributed by atoms with Gasteiger partial charge < -0.3 is 33.7 Å². The standard InChI is InChI=1S/C24H39NO7/c1-2-3-11-25-22-9-7-21(8-10-22)24(26)32-20-18-29-16-14-27-13-15-28-17-19-31-23-6-4-5-12-30-23/h7-10,23,25H,2-6,11-20H2,1H3. The van der Waals surface area contributed by atoms with Gasteiger partial charge >= 0.3 is 5.97 Å². The van der Waals surface area contributed by atoms with Crippen LogP contribution >= 0.6 is 0 Å². The van der Waals surface area contributed by atoms with Gasteiger partial charge in [-0.25, -0.2) is 4.79 Å². The molecule has 0 aromatic heterocycles. The molecule has 1 aliphatic heterocycles. The predicted molar refractivity (Wildman–Crippen MR) is 122 cm³/mol. The maximum absolute atomic E-state index is 12.0. The average molecular weight is 454 g/mol. The summed E-state index contributed by atoms with van der Waals surface area (Å²) in [6.45, 7) is 7.41. The highest BCUT2D eigenvalue weighted by molar-refractivity contribution is 5.89.